The average Bonchev–Trinajstić information content (AvgIpc) is 2.92. The van der Waals surface area contributed by atoms with Crippen molar-refractivity contribution in [3.63, 3.8) is 0 Å². The molecule has 1 aromatic heterocycles. The maximum atomic E-state index is 6.35. The average molecular weight is 564 g/mol. The molecule has 1 heterocycles. The highest BCUT2D eigenvalue weighted by atomic mass is 35.5. The molecule has 0 radical (unpaired) electrons. The van der Waals surface area contributed by atoms with E-state index in [2.05, 4.69) is 122 Å². The lowest BCUT2D eigenvalue weighted by atomic mass is 10.0. The van der Waals surface area contributed by atoms with Gasteiger partial charge in [-0.15, -0.1) is 0 Å². The molecule has 6 heteroatoms. The van der Waals surface area contributed by atoms with Crippen LogP contribution in [0.15, 0.2) is 97.1 Å². The quantitative estimate of drug-likeness (QED) is 0.195. The van der Waals surface area contributed by atoms with Crippen LogP contribution in [-0.2, 0) is 0 Å². The van der Waals surface area contributed by atoms with Gasteiger partial charge in [-0.05, 0) is 33.9 Å². The summed E-state index contributed by atoms with van der Waals surface area (Å²) in [5.74, 6) is 1.13. The number of aromatic nitrogens is 3. The third kappa shape index (κ3) is 6.27. The largest absolute Gasteiger partial charge is 0.226 e. The van der Waals surface area contributed by atoms with Crippen LogP contribution in [0.2, 0.25) is 44.6 Å². The fourth-order valence-corrected chi connectivity index (χ4v) is 7.05. The fourth-order valence-electron chi connectivity index (χ4n) is 4.56. The van der Waals surface area contributed by atoms with Crippen molar-refractivity contribution in [1.82, 2.24) is 15.0 Å². The molecule has 39 heavy (non-hydrogen) atoms. The Balaban J connectivity index is 1.37. The first-order chi connectivity index (χ1) is 18.5. The molecule has 5 rings (SSSR count). The topological polar surface area (TPSA) is 38.7 Å². The summed E-state index contributed by atoms with van der Waals surface area (Å²) in [7, 11) is -2.62. The van der Waals surface area contributed by atoms with Crippen molar-refractivity contribution < 1.29 is 0 Å². The summed E-state index contributed by atoms with van der Waals surface area (Å²) < 4.78 is 0. The normalized spacial score (nSPS) is 12.0. The van der Waals surface area contributed by atoms with Gasteiger partial charge in [0.1, 0.15) is 0 Å². The van der Waals surface area contributed by atoms with Crippen molar-refractivity contribution in [3.8, 4) is 45.0 Å². The molecule has 0 saturated carbocycles. The van der Waals surface area contributed by atoms with Gasteiger partial charge < -0.3 is 0 Å². The van der Waals surface area contributed by atoms with Crippen LogP contribution in [0.5, 0.6) is 0 Å². The van der Waals surface area contributed by atoms with E-state index in [4.69, 9.17) is 16.6 Å². The minimum Gasteiger partial charge on any atom is -0.208 e. The van der Waals surface area contributed by atoms with E-state index in [0.29, 0.717) is 11.6 Å². The maximum Gasteiger partial charge on any atom is 0.226 e. The van der Waals surface area contributed by atoms with Gasteiger partial charge in [0, 0.05) is 11.1 Å². The Morgan fingerprint density at radius 2 is 0.641 bits per heavy atom. The summed E-state index contributed by atoms with van der Waals surface area (Å²) >= 11 is 6.35. The second kappa shape index (κ2) is 10.6. The number of nitrogens with zero attached hydrogens (tertiary/aromatic N) is 3. The van der Waals surface area contributed by atoms with Crippen molar-refractivity contribution in [3.05, 3.63) is 102 Å². The molecule has 0 aliphatic rings. The minimum absolute atomic E-state index is 0.187. The Labute approximate surface area is 239 Å². The van der Waals surface area contributed by atoms with Gasteiger partial charge in [-0.1, -0.05) is 147 Å². The molecule has 0 bridgehead atoms. The highest BCUT2D eigenvalue weighted by Crippen LogP contribution is 2.27. The van der Waals surface area contributed by atoms with Crippen LogP contribution < -0.4 is 10.4 Å². The second-order valence-electron chi connectivity index (χ2n) is 12.1. The van der Waals surface area contributed by atoms with E-state index in [9.17, 15) is 0 Å². The van der Waals surface area contributed by atoms with Crippen LogP contribution in [0.1, 0.15) is 0 Å². The van der Waals surface area contributed by atoms with Gasteiger partial charge in [0.15, 0.2) is 11.6 Å². The zero-order valence-electron chi connectivity index (χ0n) is 23.5. The van der Waals surface area contributed by atoms with Crippen LogP contribution >= 0.6 is 11.6 Å². The van der Waals surface area contributed by atoms with Gasteiger partial charge in [0.05, 0.1) is 16.1 Å². The molecule has 3 nitrogen and oxygen atoms in total. The van der Waals surface area contributed by atoms with E-state index < -0.39 is 16.1 Å². The third-order valence-electron chi connectivity index (χ3n) is 7.06. The molecule has 0 amide bonds. The van der Waals surface area contributed by atoms with Crippen LogP contribution in [0.4, 0.5) is 0 Å². The summed E-state index contributed by atoms with van der Waals surface area (Å²) in [6, 6.07) is 34.5. The molecule has 5 aromatic rings. The smallest absolute Gasteiger partial charge is 0.208 e. The molecule has 0 aliphatic heterocycles. The van der Waals surface area contributed by atoms with Gasteiger partial charge >= 0.3 is 0 Å². The zero-order chi connectivity index (χ0) is 27.8. The number of hydrogen-bond donors (Lipinski definition) is 0. The maximum absolute atomic E-state index is 6.35. The fraction of sp³-hybridized carbons (Fsp3) is 0.182. The zero-order valence-corrected chi connectivity index (χ0v) is 26.2. The molecule has 0 atom stereocenters. The summed E-state index contributed by atoms with van der Waals surface area (Å²) in [5, 5.41) is 3.11. The highest BCUT2D eigenvalue weighted by molar-refractivity contribution is 6.89. The van der Waals surface area contributed by atoms with E-state index in [1.807, 2.05) is 24.3 Å². The molecule has 0 fully saturated rings. The van der Waals surface area contributed by atoms with Crippen LogP contribution in [0, 0.1) is 0 Å². The van der Waals surface area contributed by atoms with Crippen molar-refractivity contribution in [2.24, 2.45) is 0 Å². The number of hydrogen-bond acceptors (Lipinski definition) is 3. The van der Waals surface area contributed by atoms with Crippen molar-refractivity contribution in [2.45, 2.75) is 39.3 Å². The molecule has 196 valence electrons. The summed E-state index contributed by atoms with van der Waals surface area (Å²) in [5.41, 5.74) is 6.54. The lowest BCUT2D eigenvalue weighted by Gasteiger charge is -2.16. The first kappa shape index (κ1) is 27.2. The van der Waals surface area contributed by atoms with Crippen LogP contribution in [0.3, 0.4) is 0 Å². The van der Waals surface area contributed by atoms with E-state index >= 15 is 0 Å². The second-order valence-corrected chi connectivity index (χ2v) is 22.6. The van der Waals surface area contributed by atoms with Crippen molar-refractivity contribution in [1.29, 1.82) is 0 Å². The van der Waals surface area contributed by atoms with E-state index in [-0.39, 0.29) is 5.28 Å². The molecular weight excluding hydrogens is 530 g/mol. The Morgan fingerprint density at radius 3 is 0.923 bits per heavy atom. The SMILES string of the molecule is C[Si](C)(C)c1ccc(-c2ccc(-c3nc(Cl)nc(-c4ccc(-c5ccc([Si](C)(C)C)cc5)cc4)n3)cc2)cc1. The van der Waals surface area contributed by atoms with Gasteiger partial charge in [-0.3, -0.25) is 0 Å². The molecular formula is C33H34ClN3Si2. The molecule has 0 saturated heterocycles. The number of rotatable bonds is 6. The monoisotopic (exact) mass is 563 g/mol. The molecule has 0 aliphatic carbocycles. The molecule has 0 N–H and O–H groups in total. The first-order valence-electron chi connectivity index (χ1n) is 13.3. The van der Waals surface area contributed by atoms with Gasteiger partial charge in [0.2, 0.25) is 5.28 Å². The van der Waals surface area contributed by atoms with E-state index in [1.54, 1.807) is 0 Å². The Morgan fingerprint density at radius 1 is 0.385 bits per heavy atom. The lowest BCUT2D eigenvalue weighted by Crippen LogP contribution is -2.37. The first-order valence-corrected chi connectivity index (χ1v) is 20.7. The summed E-state index contributed by atoms with van der Waals surface area (Å²) in [6.45, 7) is 14.2. The minimum atomic E-state index is -1.31. The van der Waals surface area contributed by atoms with E-state index in [0.717, 1.165) is 22.3 Å². The highest BCUT2D eigenvalue weighted by Gasteiger charge is 2.17. The Kier molecular flexibility index (Phi) is 7.42. The standard InChI is InChI=1S/C33H34ClN3Si2/c1-38(2,3)29-19-15-25(16-20-29)23-7-11-27(12-8-23)31-35-32(37-33(34)36-31)28-13-9-24(10-14-28)26-17-21-30(22-18-26)39(4,5)6/h7-22H,1-6H3. The van der Waals surface area contributed by atoms with Crippen LogP contribution in [-0.4, -0.2) is 31.1 Å². The van der Waals surface area contributed by atoms with Gasteiger partial charge in [0.25, 0.3) is 0 Å². The molecule has 0 spiro atoms. The predicted octanol–water partition coefficient (Wildman–Crippen LogP) is 8.28. The van der Waals surface area contributed by atoms with Crippen molar-refractivity contribution >= 4 is 38.1 Å². The van der Waals surface area contributed by atoms with Crippen molar-refractivity contribution in [2.75, 3.05) is 0 Å². The molecule has 4 aromatic carbocycles. The summed E-state index contributed by atoms with van der Waals surface area (Å²) in [6.07, 6.45) is 0. The Hall–Kier alpha value is -3.39. The predicted molar refractivity (Wildman–Crippen MR) is 173 cm³/mol. The Bertz CT molecular complexity index is 1460. The van der Waals surface area contributed by atoms with Gasteiger partial charge in [-0.25, -0.2) is 4.98 Å². The number of halogens is 1. The molecule has 0 unspecified atom stereocenters. The summed E-state index contributed by atoms with van der Waals surface area (Å²) in [4.78, 5) is 13.6. The third-order valence-corrected chi connectivity index (χ3v) is 11.4. The van der Waals surface area contributed by atoms with Crippen LogP contribution in [0.25, 0.3) is 45.0 Å². The lowest BCUT2D eigenvalue weighted by molar-refractivity contribution is 1.07. The number of benzene rings is 4. The van der Waals surface area contributed by atoms with E-state index in [1.165, 1.54) is 21.5 Å². The van der Waals surface area contributed by atoms with Gasteiger partial charge in [-0.2, -0.15) is 9.97 Å².